The first-order valence-electron chi connectivity index (χ1n) is 6.02. The first kappa shape index (κ1) is 11.0. The van der Waals surface area contributed by atoms with Crippen molar-refractivity contribution in [2.45, 2.75) is 13.5 Å². The Morgan fingerprint density at radius 3 is 2.61 bits per heavy atom. The van der Waals surface area contributed by atoms with Gasteiger partial charge in [-0.1, -0.05) is 18.2 Å². The van der Waals surface area contributed by atoms with Gasteiger partial charge in [-0.3, -0.25) is 0 Å². The van der Waals surface area contributed by atoms with E-state index in [4.69, 9.17) is 4.42 Å². The van der Waals surface area contributed by atoms with Crippen LogP contribution in [0.2, 0.25) is 0 Å². The van der Waals surface area contributed by atoms with Crippen molar-refractivity contribution in [3.63, 3.8) is 0 Å². The molecule has 2 aromatic carbocycles. The van der Waals surface area contributed by atoms with E-state index in [1.165, 1.54) is 11.1 Å². The minimum Gasteiger partial charge on any atom is -0.436 e. The van der Waals surface area contributed by atoms with Gasteiger partial charge in [0.25, 0.3) is 0 Å². The van der Waals surface area contributed by atoms with Crippen molar-refractivity contribution in [1.29, 1.82) is 0 Å². The molecule has 0 saturated carbocycles. The Bertz CT molecular complexity index is 683. The second kappa shape index (κ2) is 4.27. The molecule has 0 aliphatic rings. The number of hydrogen-bond acceptors (Lipinski definition) is 2. The van der Waals surface area contributed by atoms with Crippen LogP contribution >= 0.6 is 0 Å². The summed E-state index contributed by atoms with van der Waals surface area (Å²) in [6.45, 7) is 2.84. The monoisotopic (exact) mass is 239 g/mol. The molecule has 0 amide bonds. The van der Waals surface area contributed by atoms with E-state index in [0.717, 1.165) is 23.2 Å². The topological polar surface area (TPSA) is 53.7 Å². The Labute approximate surface area is 105 Å². The van der Waals surface area contributed by atoms with Crippen molar-refractivity contribution in [3.05, 3.63) is 53.6 Å². The summed E-state index contributed by atoms with van der Waals surface area (Å²) in [4.78, 5) is 4.50. The molecule has 0 spiro atoms. The van der Waals surface area contributed by atoms with Gasteiger partial charge in [0.2, 0.25) is 5.89 Å². The van der Waals surface area contributed by atoms with E-state index in [0.29, 0.717) is 5.89 Å². The molecule has 18 heavy (non-hydrogen) atoms. The fourth-order valence-electron chi connectivity index (χ4n) is 1.97. The van der Waals surface area contributed by atoms with Crippen LogP contribution in [0.15, 0.2) is 46.9 Å². The first-order chi connectivity index (χ1) is 8.76. The summed E-state index contributed by atoms with van der Waals surface area (Å²) in [6, 6.07) is 14.2. The average Bonchev–Trinajstić information content (AvgIpc) is 2.81. The standard InChI is InChI=1S/C15H14N2O/c1-10-2-7-13-14(8-10)18-15(17-13)12-5-3-11(9-16)4-6-12/h2-8H,9,16H2,1H3/p+1. The molecule has 90 valence electrons. The molecular formula is C15H15N2O+. The van der Waals surface area contributed by atoms with E-state index < -0.39 is 0 Å². The quantitative estimate of drug-likeness (QED) is 0.747. The molecule has 0 aliphatic heterocycles. The van der Waals surface area contributed by atoms with Crippen molar-refractivity contribution >= 4 is 11.1 Å². The molecular weight excluding hydrogens is 224 g/mol. The van der Waals surface area contributed by atoms with Crippen LogP contribution in [0.25, 0.3) is 22.6 Å². The van der Waals surface area contributed by atoms with Crippen LogP contribution in [0.1, 0.15) is 11.1 Å². The predicted molar refractivity (Wildman–Crippen MR) is 70.8 cm³/mol. The Hall–Kier alpha value is -2.13. The van der Waals surface area contributed by atoms with Crippen LogP contribution in [0.4, 0.5) is 0 Å². The van der Waals surface area contributed by atoms with Crippen LogP contribution < -0.4 is 5.73 Å². The van der Waals surface area contributed by atoms with Gasteiger partial charge in [0.1, 0.15) is 5.52 Å². The number of fused-ring (bicyclic) bond motifs is 1. The van der Waals surface area contributed by atoms with Crippen molar-refractivity contribution < 1.29 is 10.2 Å². The van der Waals surface area contributed by atoms with Gasteiger partial charge in [0.05, 0.1) is 6.54 Å². The number of rotatable bonds is 2. The fourth-order valence-corrected chi connectivity index (χ4v) is 1.97. The lowest BCUT2D eigenvalue weighted by Gasteiger charge is -1.96. The van der Waals surface area contributed by atoms with E-state index in [-0.39, 0.29) is 0 Å². The number of benzene rings is 2. The van der Waals surface area contributed by atoms with Crippen LogP contribution in [0.5, 0.6) is 0 Å². The normalized spacial score (nSPS) is 11.0. The number of quaternary nitrogens is 1. The average molecular weight is 239 g/mol. The van der Waals surface area contributed by atoms with Gasteiger partial charge in [-0.05, 0) is 36.8 Å². The number of nitrogens with zero attached hydrogens (tertiary/aromatic N) is 1. The lowest BCUT2D eigenvalue weighted by atomic mass is 10.1. The maximum absolute atomic E-state index is 5.78. The third kappa shape index (κ3) is 1.89. The highest BCUT2D eigenvalue weighted by Crippen LogP contribution is 2.24. The molecule has 1 heterocycles. The van der Waals surface area contributed by atoms with E-state index in [9.17, 15) is 0 Å². The van der Waals surface area contributed by atoms with Crippen LogP contribution in [-0.4, -0.2) is 4.98 Å². The minimum atomic E-state index is 0.672. The summed E-state index contributed by atoms with van der Waals surface area (Å²) >= 11 is 0. The van der Waals surface area contributed by atoms with E-state index in [2.05, 4.69) is 22.9 Å². The Morgan fingerprint density at radius 1 is 1.11 bits per heavy atom. The highest BCUT2D eigenvalue weighted by molar-refractivity contribution is 5.76. The molecule has 0 saturated heterocycles. The first-order valence-corrected chi connectivity index (χ1v) is 6.02. The summed E-state index contributed by atoms with van der Waals surface area (Å²) in [5.74, 6) is 0.672. The molecule has 0 fully saturated rings. The maximum Gasteiger partial charge on any atom is 0.227 e. The molecule has 3 N–H and O–H groups in total. The highest BCUT2D eigenvalue weighted by Gasteiger charge is 2.08. The van der Waals surface area contributed by atoms with Gasteiger partial charge in [-0.2, -0.15) is 0 Å². The van der Waals surface area contributed by atoms with Gasteiger partial charge < -0.3 is 10.2 Å². The Balaban J connectivity index is 2.07. The summed E-state index contributed by atoms with van der Waals surface area (Å²) < 4.78 is 5.78. The smallest absolute Gasteiger partial charge is 0.227 e. The van der Waals surface area contributed by atoms with Crippen LogP contribution in [0, 0.1) is 6.92 Å². The number of aryl methyl sites for hydroxylation is 1. The molecule has 3 nitrogen and oxygen atoms in total. The molecule has 0 atom stereocenters. The Morgan fingerprint density at radius 2 is 1.89 bits per heavy atom. The van der Waals surface area contributed by atoms with Crippen molar-refractivity contribution in [3.8, 4) is 11.5 Å². The molecule has 3 heteroatoms. The summed E-state index contributed by atoms with van der Waals surface area (Å²) in [5, 5.41) is 0. The van der Waals surface area contributed by atoms with Gasteiger partial charge in [0.15, 0.2) is 5.58 Å². The Kier molecular flexibility index (Phi) is 2.61. The third-order valence-corrected chi connectivity index (χ3v) is 3.03. The van der Waals surface area contributed by atoms with Gasteiger partial charge in [-0.15, -0.1) is 0 Å². The lowest BCUT2D eigenvalue weighted by molar-refractivity contribution is -0.386. The molecule has 0 bridgehead atoms. The minimum absolute atomic E-state index is 0.672. The fraction of sp³-hybridized carbons (Fsp3) is 0.133. The predicted octanol–water partition coefficient (Wildman–Crippen LogP) is 2.55. The number of oxazole rings is 1. The molecule has 0 unspecified atom stereocenters. The number of hydrogen-bond donors (Lipinski definition) is 1. The number of aromatic nitrogens is 1. The maximum atomic E-state index is 5.78. The van der Waals surface area contributed by atoms with Crippen molar-refractivity contribution in [2.24, 2.45) is 0 Å². The SMILES string of the molecule is Cc1ccc2nc(-c3ccc(C[NH3+])cc3)oc2c1. The van der Waals surface area contributed by atoms with Gasteiger partial charge >= 0.3 is 0 Å². The summed E-state index contributed by atoms with van der Waals surface area (Å²) in [5.41, 5.74) is 9.00. The highest BCUT2D eigenvalue weighted by atomic mass is 16.3. The third-order valence-electron chi connectivity index (χ3n) is 3.03. The van der Waals surface area contributed by atoms with Crippen LogP contribution in [0.3, 0.4) is 0 Å². The zero-order valence-corrected chi connectivity index (χ0v) is 10.3. The molecule has 3 rings (SSSR count). The zero-order valence-electron chi connectivity index (χ0n) is 10.3. The van der Waals surface area contributed by atoms with Gasteiger partial charge in [0, 0.05) is 11.1 Å². The second-order valence-corrected chi connectivity index (χ2v) is 4.44. The van der Waals surface area contributed by atoms with E-state index in [1.807, 2.05) is 37.3 Å². The van der Waals surface area contributed by atoms with E-state index >= 15 is 0 Å². The van der Waals surface area contributed by atoms with Crippen LogP contribution in [-0.2, 0) is 6.54 Å². The molecule has 0 radical (unpaired) electrons. The largest absolute Gasteiger partial charge is 0.436 e. The van der Waals surface area contributed by atoms with Crippen molar-refractivity contribution in [2.75, 3.05) is 0 Å². The molecule has 3 aromatic rings. The van der Waals surface area contributed by atoms with Gasteiger partial charge in [-0.25, -0.2) is 4.98 Å². The lowest BCUT2D eigenvalue weighted by Crippen LogP contribution is -2.47. The molecule has 1 aromatic heterocycles. The summed E-state index contributed by atoms with van der Waals surface area (Å²) in [6.07, 6.45) is 0. The molecule has 0 aliphatic carbocycles. The zero-order chi connectivity index (χ0) is 12.5. The second-order valence-electron chi connectivity index (χ2n) is 4.44. The summed E-state index contributed by atoms with van der Waals surface area (Å²) in [7, 11) is 0. The van der Waals surface area contributed by atoms with Crippen molar-refractivity contribution in [1.82, 2.24) is 4.98 Å². The van der Waals surface area contributed by atoms with E-state index in [1.54, 1.807) is 0 Å².